The average Bonchev–Trinajstić information content (AvgIpc) is 2.55. The highest BCUT2D eigenvalue weighted by atomic mass is 16.7. The monoisotopic (exact) mass is 204 g/mol. The molecule has 0 aromatic heterocycles. The van der Waals surface area contributed by atoms with Crippen LogP contribution < -0.4 is 0 Å². The molecule has 6 nitrogen and oxygen atoms in total. The molecule has 1 rings (SSSR count). The van der Waals surface area contributed by atoms with Crippen molar-refractivity contribution in [3.8, 4) is 0 Å². The molecule has 1 heterocycles. The van der Waals surface area contributed by atoms with Crippen LogP contribution in [0.15, 0.2) is 0 Å². The molecule has 0 aromatic rings. The Hall–Kier alpha value is -1.14. The molecule has 6 heteroatoms. The van der Waals surface area contributed by atoms with Crippen molar-refractivity contribution in [1.29, 1.82) is 0 Å². The molecule has 0 amide bonds. The number of rotatable bonds is 5. The van der Waals surface area contributed by atoms with Crippen LogP contribution >= 0.6 is 0 Å². The summed E-state index contributed by atoms with van der Waals surface area (Å²) in [6.07, 6.45) is -0.130. The first-order valence-corrected chi connectivity index (χ1v) is 4.30. The smallest absolute Gasteiger partial charge is 0.317 e. The summed E-state index contributed by atoms with van der Waals surface area (Å²) in [5, 5.41) is 17.1. The molecule has 0 aromatic carbocycles. The van der Waals surface area contributed by atoms with Crippen LogP contribution in [0.5, 0.6) is 0 Å². The molecule has 2 N–H and O–H groups in total. The summed E-state index contributed by atoms with van der Waals surface area (Å²) >= 11 is 0. The van der Waals surface area contributed by atoms with E-state index in [1.807, 2.05) is 0 Å². The van der Waals surface area contributed by atoms with Gasteiger partial charge >= 0.3 is 11.9 Å². The van der Waals surface area contributed by atoms with Gasteiger partial charge in [-0.15, -0.1) is 0 Å². The largest absolute Gasteiger partial charge is 0.481 e. The van der Waals surface area contributed by atoms with Crippen molar-refractivity contribution in [1.82, 2.24) is 0 Å². The summed E-state index contributed by atoms with van der Waals surface area (Å²) in [6, 6.07) is 0. The minimum atomic E-state index is -1.37. The molecule has 1 aliphatic heterocycles. The van der Waals surface area contributed by atoms with Crippen LogP contribution in [0.25, 0.3) is 0 Å². The Morgan fingerprint density at radius 3 is 2.14 bits per heavy atom. The highest BCUT2D eigenvalue weighted by Gasteiger charge is 2.27. The first kappa shape index (κ1) is 10.9. The molecule has 1 fully saturated rings. The number of carbonyl (C=O) groups is 2. The zero-order valence-electron chi connectivity index (χ0n) is 7.51. The van der Waals surface area contributed by atoms with Crippen LogP contribution in [-0.2, 0) is 19.1 Å². The molecule has 0 aliphatic carbocycles. The van der Waals surface area contributed by atoms with Crippen molar-refractivity contribution >= 4 is 11.9 Å². The summed E-state index contributed by atoms with van der Waals surface area (Å²) in [6.45, 7) is 0.963. The Kier molecular flexibility index (Phi) is 3.84. The van der Waals surface area contributed by atoms with Gasteiger partial charge in [0.25, 0.3) is 0 Å². The van der Waals surface area contributed by atoms with Gasteiger partial charge in [0.1, 0.15) is 0 Å². The van der Waals surface area contributed by atoms with Crippen molar-refractivity contribution in [2.45, 2.75) is 19.1 Å². The topological polar surface area (TPSA) is 93.1 Å². The van der Waals surface area contributed by atoms with Gasteiger partial charge in [0.2, 0.25) is 0 Å². The van der Waals surface area contributed by atoms with Crippen LogP contribution in [-0.4, -0.2) is 41.7 Å². The van der Waals surface area contributed by atoms with Gasteiger partial charge < -0.3 is 19.7 Å². The van der Waals surface area contributed by atoms with E-state index in [4.69, 9.17) is 19.7 Å². The number of hydrogen-bond donors (Lipinski definition) is 2. The average molecular weight is 204 g/mol. The summed E-state index contributed by atoms with van der Waals surface area (Å²) in [4.78, 5) is 21.0. The standard InChI is InChI=1S/C8H12O6/c9-7(10)5(8(11)12)1-2-6-13-3-4-14-6/h5-6H,1-4H2,(H,9,10)(H,11,12). The van der Waals surface area contributed by atoms with Crippen molar-refractivity contribution < 1.29 is 29.3 Å². The second kappa shape index (κ2) is 4.92. The predicted molar refractivity (Wildman–Crippen MR) is 43.7 cm³/mol. The van der Waals surface area contributed by atoms with Crippen molar-refractivity contribution in [2.24, 2.45) is 5.92 Å². The lowest BCUT2D eigenvalue weighted by Crippen LogP contribution is -2.25. The first-order chi connectivity index (χ1) is 6.61. The van der Waals surface area contributed by atoms with Gasteiger partial charge in [0, 0.05) is 0 Å². The van der Waals surface area contributed by atoms with E-state index in [2.05, 4.69) is 0 Å². The number of carboxylic acids is 2. The van der Waals surface area contributed by atoms with E-state index >= 15 is 0 Å². The Morgan fingerprint density at radius 1 is 1.21 bits per heavy atom. The van der Waals surface area contributed by atoms with Gasteiger partial charge in [-0.25, -0.2) is 0 Å². The molecule has 0 radical (unpaired) electrons. The number of carboxylic acid groups (broad SMARTS) is 2. The van der Waals surface area contributed by atoms with Crippen LogP contribution in [0, 0.1) is 5.92 Å². The van der Waals surface area contributed by atoms with Gasteiger partial charge in [0.05, 0.1) is 13.2 Å². The first-order valence-electron chi connectivity index (χ1n) is 4.30. The van der Waals surface area contributed by atoms with Gasteiger partial charge in [-0.05, 0) is 12.8 Å². The van der Waals surface area contributed by atoms with Crippen molar-refractivity contribution in [3.05, 3.63) is 0 Å². The third-order valence-electron chi connectivity index (χ3n) is 1.98. The van der Waals surface area contributed by atoms with Gasteiger partial charge in [-0.1, -0.05) is 0 Å². The maximum absolute atomic E-state index is 10.5. The summed E-state index contributed by atoms with van der Waals surface area (Å²) < 4.78 is 10.1. The molecular weight excluding hydrogens is 192 g/mol. The third kappa shape index (κ3) is 2.97. The highest BCUT2D eigenvalue weighted by Crippen LogP contribution is 2.15. The zero-order chi connectivity index (χ0) is 10.6. The second-order valence-electron chi connectivity index (χ2n) is 2.98. The van der Waals surface area contributed by atoms with Crippen molar-refractivity contribution in [3.63, 3.8) is 0 Å². The van der Waals surface area contributed by atoms with E-state index in [0.717, 1.165) is 0 Å². The van der Waals surface area contributed by atoms with Crippen LogP contribution in [0.2, 0.25) is 0 Å². The molecule has 14 heavy (non-hydrogen) atoms. The normalized spacial score (nSPS) is 17.5. The molecule has 1 aliphatic rings. The van der Waals surface area contributed by atoms with E-state index in [-0.39, 0.29) is 6.42 Å². The Morgan fingerprint density at radius 2 is 1.71 bits per heavy atom. The van der Waals surface area contributed by atoms with E-state index in [9.17, 15) is 9.59 Å². The SMILES string of the molecule is O=C(O)C(CCC1OCCO1)C(=O)O. The maximum atomic E-state index is 10.5. The minimum absolute atomic E-state index is 0.0231. The maximum Gasteiger partial charge on any atom is 0.317 e. The van der Waals surface area contributed by atoms with Crippen molar-refractivity contribution in [2.75, 3.05) is 13.2 Å². The summed E-state index contributed by atoms with van der Waals surface area (Å²) in [5.41, 5.74) is 0. The van der Waals surface area contributed by atoms with Crippen LogP contribution in [0.4, 0.5) is 0 Å². The van der Waals surface area contributed by atoms with Crippen LogP contribution in [0.1, 0.15) is 12.8 Å². The van der Waals surface area contributed by atoms with Crippen LogP contribution in [0.3, 0.4) is 0 Å². The predicted octanol–water partition coefficient (Wildman–Crippen LogP) is -0.0751. The summed E-state index contributed by atoms with van der Waals surface area (Å²) in [5.74, 6) is -4.02. The highest BCUT2D eigenvalue weighted by molar-refractivity contribution is 5.92. The fraction of sp³-hybridized carbons (Fsp3) is 0.750. The molecule has 0 unspecified atom stereocenters. The second-order valence-corrected chi connectivity index (χ2v) is 2.98. The van der Waals surface area contributed by atoms with E-state index in [0.29, 0.717) is 19.6 Å². The molecule has 0 spiro atoms. The minimum Gasteiger partial charge on any atom is -0.481 e. The number of hydrogen-bond acceptors (Lipinski definition) is 4. The van der Waals surface area contributed by atoms with Gasteiger partial charge in [-0.2, -0.15) is 0 Å². The fourth-order valence-corrected chi connectivity index (χ4v) is 1.23. The van der Waals surface area contributed by atoms with E-state index in [1.165, 1.54) is 0 Å². The Bertz CT molecular complexity index is 206. The van der Waals surface area contributed by atoms with E-state index in [1.54, 1.807) is 0 Å². The molecule has 80 valence electrons. The molecular formula is C8H12O6. The fourth-order valence-electron chi connectivity index (χ4n) is 1.23. The Labute approximate surface area is 80.4 Å². The zero-order valence-corrected chi connectivity index (χ0v) is 7.51. The van der Waals surface area contributed by atoms with Gasteiger partial charge in [-0.3, -0.25) is 9.59 Å². The quantitative estimate of drug-likeness (QED) is 0.608. The molecule has 0 bridgehead atoms. The Balaban J connectivity index is 2.32. The van der Waals surface area contributed by atoms with Gasteiger partial charge in [0.15, 0.2) is 12.2 Å². The lowest BCUT2D eigenvalue weighted by molar-refractivity contribution is -0.155. The molecule has 0 saturated carbocycles. The lowest BCUT2D eigenvalue weighted by Gasteiger charge is -2.10. The summed E-state index contributed by atoms with van der Waals surface area (Å²) in [7, 11) is 0. The number of ether oxygens (including phenoxy) is 2. The number of aliphatic carboxylic acids is 2. The molecule has 1 saturated heterocycles. The van der Waals surface area contributed by atoms with E-state index < -0.39 is 24.1 Å². The lowest BCUT2D eigenvalue weighted by atomic mass is 10.0. The third-order valence-corrected chi connectivity index (χ3v) is 1.98. The molecule has 0 atom stereocenters.